The standard InChI is InChI=1S/C12H25N3O3/c1-14(2)12(17)15-6-3-11(4-7-15)13-5-9-18-10-8-16/h11,13,16H,3-10H2,1-2H3. The summed E-state index contributed by atoms with van der Waals surface area (Å²) >= 11 is 0. The van der Waals surface area contributed by atoms with Crippen LogP contribution in [-0.4, -0.2) is 80.5 Å². The average molecular weight is 259 g/mol. The van der Waals surface area contributed by atoms with Crippen LogP contribution in [0.1, 0.15) is 12.8 Å². The Morgan fingerprint density at radius 1 is 1.39 bits per heavy atom. The Bertz CT molecular complexity index is 241. The number of nitrogens with zero attached hydrogens (tertiary/aromatic N) is 2. The molecule has 1 heterocycles. The molecule has 0 atom stereocenters. The SMILES string of the molecule is CN(C)C(=O)N1CCC(NCCOCCO)CC1. The van der Waals surface area contributed by atoms with Gasteiger partial charge >= 0.3 is 6.03 Å². The summed E-state index contributed by atoms with van der Waals surface area (Å²) in [6.07, 6.45) is 1.97. The Hall–Kier alpha value is -0.850. The number of ether oxygens (including phenoxy) is 1. The third-order valence-corrected chi connectivity index (χ3v) is 3.06. The number of carbonyl (C=O) groups excluding carboxylic acids is 1. The summed E-state index contributed by atoms with van der Waals surface area (Å²) in [5, 5.41) is 12.0. The zero-order valence-corrected chi connectivity index (χ0v) is 11.4. The van der Waals surface area contributed by atoms with Gasteiger partial charge in [-0.1, -0.05) is 0 Å². The number of likely N-dealkylation sites (tertiary alicyclic amines) is 1. The largest absolute Gasteiger partial charge is 0.394 e. The average Bonchev–Trinajstić information content (AvgIpc) is 2.38. The smallest absolute Gasteiger partial charge is 0.319 e. The van der Waals surface area contributed by atoms with E-state index < -0.39 is 0 Å². The molecule has 0 spiro atoms. The number of amides is 2. The van der Waals surface area contributed by atoms with Crippen LogP contribution in [-0.2, 0) is 4.74 Å². The molecule has 0 aromatic heterocycles. The van der Waals surface area contributed by atoms with Gasteiger partial charge in [0.05, 0.1) is 19.8 Å². The van der Waals surface area contributed by atoms with Crippen molar-refractivity contribution in [1.29, 1.82) is 0 Å². The second kappa shape index (κ2) is 8.29. The molecule has 0 unspecified atom stereocenters. The molecule has 1 saturated heterocycles. The molecule has 18 heavy (non-hydrogen) atoms. The van der Waals surface area contributed by atoms with Crippen LogP contribution in [0.5, 0.6) is 0 Å². The molecule has 0 radical (unpaired) electrons. The maximum Gasteiger partial charge on any atom is 0.319 e. The molecule has 1 fully saturated rings. The number of rotatable bonds is 6. The van der Waals surface area contributed by atoms with Gasteiger partial charge in [0.2, 0.25) is 0 Å². The predicted molar refractivity (Wildman–Crippen MR) is 69.6 cm³/mol. The van der Waals surface area contributed by atoms with E-state index in [1.54, 1.807) is 19.0 Å². The Kier molecular flexibility index (Phi) is 7.00. The quantitative estimate of drug-likeness (QED) is 0.645. The van der Waals surface area contributed by atoms with Crippen LogP contribution in [0, 0.1) is 0 Å². The molecule has 0 saturated carbocycles. The molecule has 1 aliphatic rings. The van der Waals surface area contributed by atoms with Crippen molar-refractivity contribution in [3.8, 4) is 0 Å². The van der Waals surface area contributed by atoms with Crippen LogP contribution in [0.15, 0.2) is 0 Å². The van der Waals surface area contributed by atoms with Crippen molar-refractivity contribution in [3.05, 3.63) is 0 Å². The molecule has 1 aliphatic heterocycles. The summed E-state index contributed by atoms with van der Waals surface area (Å²) in [7, 11) is 3.57. The number of hydrogen-bond acceptors (Lipinski definition) is 4. The van der Waals surface area contributed by atoms with Gasteiger partial charge in [-0.15, -0.1) is 0 Å². The van der Waals surface area contributed by atoms with Crippen molar-refractivity contribution in [1.82, 2.24) is 15.1 Å². The molecule has 0 bridgehead atoms. The maximum atomic E-state index is 11.7. The highest BCUT2D eigenvalue weighted by atomic mass is 16.5. The molecule has 0 aromatic carbocycles. The van der Waals surface area contributed by atoms with E-state index in [1.807, 2.05) is 4.90 Å². The summed E-state index contributed by atoms with van der Waals surface area (Å²) in [6, 6.07) is 0.564. The first kappa shape index (κ1) is 15.2. The van der Waals surface area contributed by atoms with Crippen molar-refractivity contribution in [2.45, 2.75) is 18.9 Å². The van der Waals surface area contributed by atoms with Crippen molar-refractivity contribution in [3.63, 3.8) is 0 Å². The Morgan fingerprint density at radius 2 is 2.06 bits per heavy atom. The Morgan fingerprint density at radius 3 is 2.61 bits per heavy atom. The summed E-state index contributed by atoms with van der Waals surface area (Å²) in [6.45, 7) is 3.52. The molecular weight excluding hydrogens is 234 g/mol. The zero-order valence-electron chi connectivity index (χ0n) is 11.4. The van der Waals surface area contributed by atoms with E-state index in [-0.39, 0.29) is 12.6 Å². The highest BCUT2D eigenvalue weighted by Gasteiger charge is 2.22. The van der Waals surface area contributed by atoms with Gasteiger partial charge in [0, 0.05) is 39.8 Å². The van der Waals surface area contributed by atoms with Crippen molar-refractivity contribution < 1.29 is 14.6 Å². The zero-order chi connectivity index (χ0) is 13.4. The van der Waals surface area contributed by atoms with Crippen molar-refractivity contribution in [2.75, 3.05) is 53.6 Å². The van der Waals surface area contributed by atoms with E-state index in [4.69, 9.17) is 9.84 Å². The van der Waals surface area contributed by atoms with E-state index in [0.29, 0.717) is 19.3 Å². The molecular formula is C12H25N3O3. The Balaban J connectivity index is 2.10. The van der Waals surface area contributed by atoms with Crippen molar-refractivity contribution >= 4 is 6.03 Å². The first-order chi connectivity index (χ1) is 8.65. The lowest BCUT2D eigenvalue weighted by atomic mass is 10.1. The number of aliphatic hydroxyl groups is 1. The fourth-order valence-electron chi connectivity index (χ4n) is 2.06. The molecule has 6 nitrogen and oxygen atoms in total. The molecule has 1 rings (SSSR count). The molecule has 106 valence electrons. The topological polar surface area (TPSA) is 65.0 Å². The van der Waals surface area contributed by atoms with Crippen LogP contribution in [0.2, 0.25) is 0 Å². The van der Waals surface area contributed by atoms with Crippen LogP contribution in [0.3, 0.4) is 0 Å². The minimum atomic E-state index is 0.0744. The summed E-state index contributed by atoms with van der Waals surface area (Å²) in [5.41, 5.74) is 0. The van der Waals surface area contributed by atoms with Gasteiger partial charge in [0.25, 0.3) is 0 Å². The van der Waals surface area contributed by atoms with Gasteiger partial charge in [-0.05, 0) is 12.8 Å². The number of piperidine rings is 1. The van der Waals surface area contributed by atoms with E-state index in [9.17, 15) is 4.79 Å². The second-order valence-electron chi connectivity index (χ2n) is 4.73. The normalized spacial score (nSPS) is 16.9. The number of urea groups is 1. The second-order valence-corrected chi connectivity index (χ2v) is 4.73. The highest BCUT2D eigenvalue weighted by Crippen LogP contribution is 2.11. The van der Waals surface area contributed by atoms with Gasteiger partial charge in [0.1, 0.15) is 0 Å². The monoisotopic (exact) mass is 259 g/mol. The summed E-state index contributed by atoms with van der Waals surface area (Å²) in [4.78, 5) is 15.2. The maximum absolute atomic E-state index is 11.7. The molecule has 0 aliphatic carbocycles. The van der Waals surface area contributed by atoms with Crippen molar-refractivity contribution in [2.24, 2.45) is 0 Å². The predicted octanol–water partition coefficient (Wildman–Crippen LogP) is -0.269. The van der Waals surface area contributed by atoms with E-state index >= 15 is 0 Å². The minimum absolute atomic E-state index is 0.0744. The Labute approximate surface area is 109 Å². The number of aliphatic hydroxyl groups excluding tert-OH is 1. The van der Waals surface area contributed by atoms with Gasteiger partial charge in [0.15, 0.2) is 0 Å². The molecule has 2 amide bonds. The van der Waals surface area contributed by atoms with Gasteiger partial charge < -0.3 is 25.0 Å². The first-order valence-corrected chi connectivity index (χ1v) is 6.53. The van der Waals surface area contributed by atoms with E-state index in [1.165, 1.54) is 0 Å². The third-order valence-electron chi connectivity index (χ3n) is 3.06. The van der Waals surface area contributed by atoms with Gasteiger partial charge in [-0.2, -0.15) is 0 Å². The molecule has 6 heteroatoms. The lowest BCUT2D eigenvalue weighted by Crippen LogP contribution is -2.48. The molecule has 2 N–H and O–H groups in total. The minimum Gasteiger partial charge on any atom is -0.394 e. The fraction of sp³-hybridized carbons (Fsp3) is 0.917. The van der Waals surface area contributed by atoms with Crippen LogP contribution >= 0.6 is 0 Å². The van der Waals surface area contributed by atoms with Gasteiger partial charge in [-0.3, -0.25) is 0 Å². The summed E-state index contributed by atoms with van der Waals surface area (Å²) < 4.78 is 5.18. The highest BCUT2D eigenvalue weighted by molar-refractivity contribution is 5.73. The van der Waals surface area contributed by atoms with E-state index in [0.717, 1.165) is 32.5 Å². The fourth-order valence-corrected chi connectivity index (χ4v) is 2.06. The molecule has 0 aromatic rings. The number of nitrogens with one attached hydrogen (secondary N) is 1. The van der Waals surface area contributed by atoms with Crippen LogP contribution in [0.25, 0.3) is 0 Å². The number of hydrogen-bond donors (Lipinski definition) is 2. The lowest BCUT2D eigenvalue weighted by Gasteiger charge is -2.34. The first-order valence-electron chi connectivity index (χ1n) is 6.53. The number of carbonyl (C=O) groups is 1. The van der Waals surface area contributed by atoms with Crippen LogP contribution < -0.4 is 5.32 Å². The van der Waals surface area contributed by atoms with Gasteiger partial charge in [-0.25, -0.2) is 4.79 Å². The third kappa shape index (κ3) is 5.20. The van der Waals surface area contributed by atoms with Crippen LogP contribution in [0.4, 0.5) is 4.79 Å². The lowest BCUT2D eigenvalue weighted by molar-refractivity contribution is 0.0905. The van der Waals surface area contributed by atoms with E-state index in [2.05, 4.69) is 5.32 Å². The summed E-state index contributed by atoms with van der Waals surface area (Å²) in [5.74, 6) is 0.